The lowest BCUT2D eigenvalue weighted by molar-refractivity contribution is -0.00890. The van der Waals surface area contributed by atoms with Crippen molar-refractivity contribution in [2.24, 2.45) is 15.7 Å². The molecule has 0 aliphatic heterocycles. The molecule has 0 aromatic carbocycles. The van der Waals surface area contributed by atoms with E-state index in [1.807, 2.05) is 27.1 Å². The van der Waals surface area contributed by atoms with Crippen LogP contribution in [0.1, 0.15) is 47.0 Å². The zero-order valence-corrected chi connectivity index (χ0v) is 13.5. The fourth-order valence-corrected chi connectivity index (χ4v) is 2.59. The third-order valence-electron chi connectivity index (χ3n) is 3.98. The average Bonchev–Trinajstić information content (AvgIpc) is 2.46. The molecular formula is C16H29N3O. The van der Waals surface area contributed by atoms with Crippen LogP contribution in [0.2, 0.25) is 0 Å². The summed E-state index contributed by atoms with van der Waals surface area (Å²) in [5, 5.41) is 0. The molecular weight excluding hydrogens is 250 g/mol. The molecule has 0 radical (unpaired) electrons. The van der Waals surface area contributed by atoms with Gasteiger partial charge in [-0.05, 0) is 51.0 Å². The zero-order valence-electron chi connectivity index (χ0n) is 13.5. The second-order valence-electron chi connectivity index (χ2n) is 5.31. The van der Waals surface area contributed by atoms with Gasteiger partial charge in [-0.1, -0.05) is 13.8 Å². The summed E-state index contributed by atoms with van der Waals surface area (Å²) in [6, 6.07) is -0.00346. The Morgan fingerprint density at radius 1 is 1.50 bits per heavy atom. The molecule has 0 unspecified atom stereocenters. The van der Waals surface area contributed by atoms with Gasteiger partial charge in [-0.25, -0.2) is 0 Å². The highest BCUT2D eigenvalue weighted by molar-refractivity contribution is 5.98. The first kappa shape index (κ1) is 17.1. The van der Waals surface area contributed by atoms with Crippen molar-refractivity contribution in [2.75, 3.05) is 7.05 Å². The molecule has 0 amide bonds. The Hall–Kier alpha value is -1.00. The monoisotopic (exact) mass is 279 g/mol. The summed E-state index contributed by atoms with van der Waals surface area (Å²) in [5.74, 6) is 0. The van der Waals surface area contributed by atoms with Gasteiger partial charge in [0.25, 0.3) is 0 Å². The van der Waals surface area contributed by atoms with Crippen LogP contribution in [0.3, 0.4) is 0 Å². The van der Waals surface area contributed by atoms with Gasteiger partial charge in [-0.2, -0.15) is 0 Å². The minimum Gasteiger partial charge on any atom is -0.369 e. The van der Waals surface area contributed by atoms with Crippen LogP contribution < -0.4 is 5.73 Å². The fraction of sp³-hybridized carbons (Fsp3) is 0.750. The van der Waals surface area contributed by atoms with Crippen molar-refractivity contribution >= 4 is 11.9 Å². The summed E-state index contributed by atoms with van der Waals surface area (Å²) in [4.78, 5) is 8.80. The van der Waals surface area contributed by atoms with Gasteiger partial charge in [-0.3, -0.25) is 9.98 Å². The molecule has 0 saturated heterocycles. The second-order valence-corrected chi connectivity index (χ2v) is 5.31. The van der Waals surface area contributed by atoms with E-state index in [4.69, 9.17) is 10.5 Å². The molecule has 3 atom stereocenters. The standard InChI is InChI=1S/C16H29N3O/c1-6-13(7-2)20-15-10-12(11(4)18-5)9-14(17)16(15)19-8-3/h8,10,13-16H,6-7,9,17H2,1-5H3/b18-11+,19-8+/t14-,15+,16+/m0/s1. The molecule has 0 fully saturated rings. The minimum absolute atomic E-state index is 0.00834. The molecule has 114 valence electrons. The van der Waals surface area contributed by atoms with Crippen LogP contribution in [-0.2, 0) is 4.74 Å². The van der Waals surface area contributed by atoms with E-state index in [9.17, 15) is 0 Å². The molecule has 2 N–H and O–H groups in total. The molecule has 1 aliphatic rings. The van der Waals surface area contributed by atoms with Crippen molar-refractivity contribution in [3.05, 3.63) is 11.6 Å². The van der Waals surface area contributed by atoms with Crippen molar-refractivity contribution in [1.82, 2.24) is 0 Å². The first-order valence-electron chi connectivity index (χ1n) is 7.60. The molecule has 0 bridgehead atoms. The van der Waals surface area contributed by atoms with E-state index in [2.05, 4.69) is 29.9 Å². The topological polar surface area (TPSA) is 60.0 Å². The molecule has 0 aromatic rings. The fourth-order valence-electron chi connectivity index (χ4n) is 2.59. The predicted molar refractivity (Wildman–Crippen MR) is 86.9 cm³/mol. The number of rotatable bonds is 6. The molecule has 4 heteroatoms. The summed E-state index contributed by atoms with van der Waals surface area (Å²) < 4.78 is 6.23. The van der Waals surface area contributed by atoms with Gasteiger partial charge in [0, 0.05) is 18.8 Å². The van der Waals surface area contributed by atoms with E-state index >= 15 is 0 Å². The van der Waals surface area contributed by atoms with E-state index in [-0.39, 0.29) is 24.3 Å². The number of nitrogens with two attached hydrogens (primary N) is 1. The van der Waals surface area contributed by atoms with Gasteiger partial charge in [0.05, 0.1) is 12.1 Å². The maximum atomic E-state index is 6.31. The molecule has 0 saturated carbocycles. The lowest BCUT2D eigenvalue weighted by Gasteiger charge is -2.34. The third-order valence-corrected chi connectivity index (χ3v) is 3.98. The van der Waals surface area contributed by atoms with Gasteiger partial charge >= 0.3 is 0 Å². The zero-order chi connectivity index (χ0) is 15.1. The van der Waals surface area contributed by atoms with Crippen molar-refractivity contribution in [2.45, 2.75) is 71.2 Å². The highest BCUT2D eigenvalue weighted by Gasteiger charge is 2.32. The van der Waals surface area contributed by atoms with Gasteiger partial charge in [-0.15, -0.1) is 0 Å². The van der Waals surface area contributed by atoms with E-state index in [0.717, 1.165) is 25.0 Å². The van der Waals surface area contributed by atoms with Gasteiger partial charge < -0.3 is 10.5 Å². The second kappa shape index (κ2) is 8.32. The summed E-state index contributed by atoms with van der Waals surface area (Å²) in [7, 11) is 1.81. The third kappa shape index (κ3) is 4.25. The van der Waals surface area contributed by atoms with E-state index in [1.165, 1.54) is 5.57 Å². The quantitative estimate of drug-likeness (QED) is 0.760. The highest BCUT2D eigenvalue weighted by Crippen LogP contribution is 2.25. The van der Waals surface area contributed by atoms with Gasteiger partial charge in [0.15, 0.2) is 0 Å². The van der Waals surface area contributed by atoms with Crippen LogP contribution in [0.4, 0.5) is 0 Å². The van der Waals surface area contributed by atoms with Crippen molar-refractivity contribution in [1.29, 1.82) is 0 Å². The largest absolute Gasteiger partial charge is 0.369 e. The van der Waals surface area contributed by atoms with Crippen LogP contribution >= 0.6 is 0 Å². The lowest BCUT2D eigenvalue weighted by atomic mass is 9.87. The van der Waals surface area contributed by atoms with Crippen LogP contribution in [-0.4, -0.2) is 43.3 Å². The van der Waals surface area contributed by atoms with Crippen molar-refractivity contribution < 1.29 is 4.74 Å². The summed E-state index contributed by atoms with van der Waals surface area (Å²) in [5.41, 5.74) is 8.54. The van der Waals surface area contributed by atoms with Crippen LogP contribution in [0, 0.1) is 0 Å². The smallest absolute Gasteiger partial charge is 0.100 e. The molecule has 0 spiro atoms. The van der Waals surface area contributed by atoms with Crippen molar-refractivity contribution in [3.8, 4) is 0 Å². The minimum atomic E-state index is -0.0495. The Bertz CT molecular complexity index is 383. The first-order valence-corrected chi connectivity index (χ1v) is 7.60. The Labute approximate surface area is 123 Å². The number of hydrogen-bond acceptors (Lipinski definition) is 4. The number of aliphatic imine (C=N–C) groups is 2. The summed E-state index contributed by atoms with van der Waals surface area (Å²) in [6.07, 6.45) is 7.04. The van der Waals surface area contributed by atoms with Crippen molar-refractivity contribution in [3.63, 3.8) is 0 Å². The number of nitrogens with zero attached hydrogens (tertiary/aromatic N) is 2. The Balaban J connectivity index is 3.01. The SMILES string of the molecule is C/C=N/[C@@H]1[C@@H](N)CC(/C(C)=N/C)=C[C@H]1OC(CC)CC. The Morgan fingerprint density at radius 3 is 2.65 bits per heavy atom. The number of hydrogen-bond donors (Lipinski definition) is 1. The maximum Gasteiger partial charge on any atom is 0.100 e. The first-order chi connectivity index (χ1) is 9.57. The average molecular weight is 279 g/mol. The predicted octanol–water partition coefficient (Wildman–Crippen LogP) is 2.77. The number of ether oxygens (including phenoxy) is 1. The van der Waals surface area contributed by atoms with E-state index in [1.54, 1.807) is 0 Å². The normalized spacial score (nSPS) is 28.2. The summed E-state index contributed by atoms with van der Waals surface area (Å²) >= 11 is 0. The lowest BCUT2D eigenvalue weighted by Crippen LogP contribution is -2.47. The molecule has 1 aliphatic carbocycles. The van der Waals surface area contributed by atoms with Crippen LogP contribution in [0.25, 0.3) is 0 Å². The Kier molecular flexibility index (Phi) is 7.10. The Morgan fingerprint density at radius 2 is 2.15 bits per heavy atom. The van der Waals surface area contributed by atoms with Gasteiger partial charge in [0.2, 0.25) is 0 Å². The van der Waals surface area contributed by atoms with Crippen LogP contribution in [0.5, 0.6) is 0 Å². The molecule has 1 rings (SSSR count). The molecule has 0 aromatic heterocycles. The molecule has 0 heterocycles. The van der Waals surface area contributed by atoms with E-state index in [0.29, 0.717) is 0 Å². The van der Waals surface area contributed by atoms with E-state index < -0.39 is 0 Å². The summed E-state index contributed by atoms with van der Waals surface area (Å²) in [6.45, 7) is 8.26. The maximum absolute atomic E-state index is 6.31. The molecule has 20 heavy (non-hydrogen) atoms. The van der Waals surface area contributed by atoms with Crippen LogP contribution in [0.15, 0.2) is 21.6 Å². The molecule has 4 nitrogen and oxygen atoms in total. The highest BCUT2D eigenvalue weighted by atomic mass is 16.5. The van der Waals surface area contributed by atoms with Gasteiger partial charge in [0.1, 0.15) is 6.10 Å².